The van der Waals surface area contributed by atoms with Crippen molar-refractivity contribution >= 4 is 11.5 Å². The lowest BCUT2D eigenvalue weighted by Crippen LogP contribution is -2.51. The molecule has 3 nitrogen and oxygen atoms in total. The maximum Gasteiger partial charge on any atom is 0.156 e. The number of ether oxygens (including phenoxy) is 1. The summed E-state index contributed by atoms with van der Waals surface area (Å²) in [4.78, 5) is 14.5. The molecule has 0 amide bonds. The number of nitrogens with zero attached hydrogens (tertiary/aromatic N) is 1. The summed E-state index contributed by atoms with van der Waals surface area (Å²) in [5.74, 6) is 2.58. The second kappa shape index (κ2) is 7.57. The quantitative estimate of drug-likeness (QED) is 0.524. The zero-order valence-electron chi connectivity index (χ0n) is 20.8. The van der Waals surface area contributed by atoms with E-state index in [9.17, 15) is 4.79 Å². The lowest BCUT2D eigenvalue weighted by molar-refractivity contribution is -0.115. The predicted molar refractivity (Wildman–Crippen MR) is 133 cm³/mol. The highest BCUT2D eigenvalue weighted by Crippen LogP contribution is 2.69. The van der Waals surface area contributed by atoms with Gasteiger partial charge in [0.15, 0.2) is 5.78 Å². The molecule has 1 heterocycles. The Morgan fingerprint density at radius 1 is 1.09 bits per heavy atom. The standard InChI is InChI=1S/C30H39NO2/c1-19-16-25-27-12-14-30(13-5-15-33-30)29(27,2)18-26(20-6-8-21(9-7-20)31(3)4)28(25)23-11-10-22(32)17-24(19)23/h6-9,17,19,25-27H,5,10-16,18H2,1-4H3. The Morgan fingerprint density at radius 2 is 1.88 bits per heavy atom. The van der Waals surface area contributed by atoms with Gasteiger partial charge in [0.25, 0.3) is 0 Å². The normalized spacial score (nSPS) is 39.9. The summed E-state index contributed by atoms with van der Waals surface area (Å²) in [6.07, 6.45) is 11.0. The van der Waals surface area contributed by atoms with Crippen LogP contribution in [0.15, 0.2) is 47.1 Å². The van der Waals surface area contributed by atoms with Crippen LogP contribution in [-0.2, 0) is 9.53 Å². The molecule has 5 aliphatic rings. The summed E-state index contributed by atoms with van der Waals surface area (Å²) in [6.45, 7) is 5.89. The number of anilines is 1. The highest BCUT2D eigenvalue weighted by Gasteiger charge is 2.64. The molecule has 1 aliphatic heterocycles. The van der Waals surface area contributed by atoms with Crippen LogP contribution >= 0.6 is 0 Å². The smallest absolute Gasteiger partial charge is 0.156 e. The molecule has 2 saturated carbocycles. The summed E-state index contributed by atoms with van der Waals surface area (Å²) in [7, 11) is 4.22. The van der Waals surface area contributed by atoms with Gasteiger partial charge in [-0.3, -0.25) is 4.79 Å². The SMILES string of the molecule is CC1CC2C(=C3CCC(=O)C=C31)C(c1ccc(N(C)C)cc1)CC1(C)C2CCC12CCCO2. The molecule has 176 valence electrons. The summed E-state index contributed by atoms with van der Waals surface area (Å²) < 4.78 is 6.66. The number of hydrogen-bond acceptors (Lipinski definition) is 3. The molecule has 3 heteroatoms. The van der Waals surface area contributed by atoms with Gasteiger partial charge in [-0.1, -0.05) is 31.6 Å². The predicted octanol–water partition coefficient (Wildman–Crippen LogP) is 6.45. The Balaban J connectivity index is 1.51. The minimum atomic E-state index is 0.0809. The number of fused-ring (bicyclic) bond motifs is 5. The number of rotatable bonds is 2. The van der Waals surface area contributed by atoms with Crippen molar-refractivity contribution < 1.29 is 9.53 Å². The van der Waals surface area contributed by atoms with E-state index in [1.807, 2.05) is 6.08 Å². The maximum atomic E-state index is 12.4. The van der Waals surface area contributed by atoms with Gasteiger partial charge in [0.05, 0.1) is 5.60 Å². The first-order valence-corrected chi connectivity index (χ1v) is 13.2. The Kier molecular flexibility index (Phi) is 4.96. The molecule has 0 aromatic heterocycles. The van der Waals surface area contributed by atoms with E-state index in [0.717, 1.165) is 13.0 Å². The molecule has 1 aromatic carbocycles. The first-order valence-electron chi connectivity index (χ1n) is 13.2. The zero-order chi connectivity index (χ0) is 23.0. The van der Waals surface area contributed by atoms with Gasteiger partial charge in [0.1, 0.15) is 0 Å². The maximum absolute atomic E-state index is 12.4. The van der Waals surface area contributed by atoms with Gasteiger partial charge < -0.3 is 9.64 Å². The highest BCUT2D eigenvalue weighted by molar-refractivity contribution is 5.93. The molecule has 0 N–H and O–H groups in total. The fourth-order valence-electron chi connectivity index (χ4n) is 8.68. The van der Waals surface area contributed by atoms with Crippen molar-refractivity contribution in [3.8, 4) is 0 Å². The van der Waals surface area contributed by atoms with Gasteiger partial charge in [-0.05, 0) is 97.6 Å². The van der Waals surface area contributed by atoms with Crippen molar-refractivity contribution in [3.05, 3.63) is 52.6 Å². The van der Waals surface area contributed by atoms with E-state index in [1.54, 1.807) is 11.1 Å². The van der Waals surface area contributed by atoms with Crippen molar-refractivity contribution in [1.82, 2.24) is 0 Å². The molecule has 33 heavy (non-hydrogen) atoms. The molecule has 0 bridgehead atoms. The second-order valence-electron chi connectivity index (χ2n) is 12.0. The first-order chi connectivity index (χ1) is 15.8. The number of allylic oxidation sites excluding steroid dienone is 4. The third kappa shape index (κ3) is 3.07. The van der Waals surface area contributed by atoms with Gasteiger partial charge >= 0.3 is 0 Å². The van der Waals surface area contributed by atoms with E-state index in [-0.39, 0.29) is 11.0 Å². The van der Waals surface area contributed by atoms with Crippen molar-refractivity contribution in [1.29, 1.82) is 0 Å². The fourth-order valence-corrected chi connectivity index (χ4v) is 8.68. The van der Waals surface area contributed by atoms with Crippen LogP contribution in [0.5, 0.6) is 0 Å². The van der Waals surface area contributed by atoms with Crippen molar-refractivity contribution in [2.24, 2.45) is 23.2 Å². The minimum Gasteiger partial charge on any atom is -0.378 e. The minimum absolute atomic E-state index is 0.0809. The Labute approximate surface area is 199 Å². The van der Waals surface area contributed by atoms with E-state index < -0.39 is 0 Å². The molecule has 1 saturated heterocycles. The van der Waals surface area contributed by atoms with Crippen LogP contribution in [0.25, 0.3) is 0 Å². The molecule has 6 unspecified atom stereocenters. The molecule has 1 aromatic rings. The average molecular weight is 446 g/mol. The van der Waals surface area contributed by atoms with Crippen molar-refractivity contribution in [3.63, 3.8) is 0 Å². The number of hydrogen-bond donors (Lipinski definition) is 0. The number of carbonyl (C=O) groups excluding carboxylic acids is 1. The lowest BCUT2D eigenvalue weighted by atomic mass is 9.50. The van der Waals surface area contributed by atoms with Crippen LogP contribution in [0.2, 0.25) is 0 Å². The van der Waals surface area contributed by atoms with Gasteiger partial charge in [-0.25, -0.2) is 0 Å². The van der Waals surface area contributed by atoms with Crippen molar-refractivity contribution in [2.45, 2.75) is 76.7 Å². The molecule has 6 rings (SSSR count). The zero-order valence-corrected chi connectivity index (χ0v) is 20.8. The lowest BCUT2D eigenvalue weighted by Gasteiger charge is -2.56. The Hall–Kier alpha value is -1.87. The fraction of sp³-hybridized carbons (Fsp3) is 0.633. The molecule has 0 radical (unpaired) electrons. The highest BCUT2D eigenvalue weighted by atomic mass is 16.5. The van der Waals surface area contributed by atoms with Crippen LogP contribution < -0.4 is 4.90 Å². The van der Waals surface area contributed by atoms with Crippen molar-refractivity contribution in [2.75, 3.05) is 25.6 Å². The third-order valence-corrected chi connectivity index (χ3v) is 10.3. The van der Waals surface area contributed by atoms with Gasteiger partial charge in [-0.2, -0.15) is 0 Å². The Bertz CT molecular complexity index is 1030. The largest absolute Gasteiger partial charge is 0.378 e. The first kappa shape index (κ1) is 21.6. The number of benzene rings is 1. The van der Waals surface area contributed by atoms with Crippen LogP contribution in [0.3, 0.4) is 0 Å². The van der Waals surface area contributed by atoms with E-state index in [4.69, 9.17) is 4.74 Å². The molecular formula is C30H39NO2. The summed E-state index contributed by atoms with van der Waals surface area (Å²) in [5, 5.41) is 0. The second-order valence-corrected chi connectivity index (χ2v) is 12.0. The topological polar surface area (TPSA) is 29.5 Å². The van der Waals surface area contributed by atoms with Crippen LogP contribution in [0.1, 0.15) is 76.7 Å². The average Bonchev–Trinajstić information content (AvgIpc) is 3.39. The van der Waals surface area contributed by atoms with E-state index in [2.05, 4.69) is 57.1 Å². The molecule has 4 aliphatic carbocycles. The van der Waals surface area contributed by atoms with E-state index in [0.29, 0.717) is 35.9 Å². The van der Waals surface area contributed by atoms with Crippen LogP contribution in [-0.4, -0.2) is 32.1 Å². The Morgan fingerprint density at radius 3 is 2.58 bits per heavy atom. The number of carbonyl (C=O) groups is 1. The monoisotopic (exact) mass is 445 g/mol. The van der Waals surface area contributed by atoms with Gasteiger partial charge in [0.2, 0.25) is 0 Å². The van der Waals surface area contributed by atoms with E-state index in [1.165, 1.54) is 55.3 Å². The van der Waals surface area contributed by atoms with Gasteiger partial charge in [-0.15, -0.1) is 0 Å². The summed E-state index contributed by atoms with van der Waals surface area (Å²) in [5.41, 5.74) is 7.63. The third-order valence-electron chi connectivity index (χ3n) is 10.3. The molecule has 1 spiro atoms. The van der Waals surface area contributed by atoms with Gasteiger partial charge in [0, 0.05) is 44.1 Å². The molecule has 3 fully saturated rings. The molecule has 6 atom stereocenters. The van der Waals surface area contributed by atoms with Crippen LogP contribution in [0, 0.1) is 23.2 Å². The molecular weight excluding hydrogens is 406 g/mol. The van der Waals surface area contributed by atoms with E-state index >= 15 is 0 Å². The number of ketones is 1. The summed E-state index contributed by atoms with van der Waals surface area (Å²) >= 11 is 0. The summed E-state index contributed by atoms with van der Waals surface area (Å²) in [6, 6.07) is 9.32. The van der Waals surface area contributed by atoms with Crippen LogP contribution in [0.4, 0.5) is 5.69 Å².